The Balaban J connectivity index is 2.11. The van der Waals surface area contributed by atoms with Crippen LogP contribution in [0.5, 0.6) is 0 Å². The molecule has 20 heavy (non-hydrogen) atoms. The molecule has 1 fully saturated rings. The molecule has 0 aliphatic heterocycles. The summed E-state index contributed by atoms with van der Waals surface area (Å²) in [6.07, 6.45) is 7.92. The fourth-order valence-corrected chi connectivity index (χ4v) is 2.55. The molecule has 0 aromatic rings. The second-order valence-electron chi connectivity index (χ2n) is 6.05. The molecule has 0 heterocycles. The van der Waals surface area contributed by atoms with Gasteiger partial charge >= 0.3 is 0 Å². The minimum Gasteiger partial charge on any atom is -0.356 e. The van der Waals surface area contributed by atoms with Crippen molar-refractivity contribution in [2.45, 2.75) is 71.4 Å². The highest BCUT2D eigenvalue weighted by Gasteiger charge is 2.29. The lowest BCUT2D eigenvalue weighted by atomic mass is 10.2. The van der Waals surface area contributed by atoms with Crippen molar-refractivity contribution in [3.8, 4) is 0 Å². The largest absolute Gasteiger partial charge is 0.356 e. The molecule has 1 aliphatic carbocycles. The predicted molar refractivity (Wildman–Crippen MR) is 88.4 cm³/mol. The number of guanidine groups is 1. The number of hydrogen-bond acceptors (Lipinski definition) is 2. The number of rotatable bonds is 10. The van der Waals surface area contributed by atoms with Gasteiger partial charge in [-0.05, 0) is 33.1 Å². The van der Waals surface area contributed by atoms with Gasteiger partial charge in [0.15, 0.2) is 5.96 Å². The summed E-state index contributed by atoms with van der Waals surface area (Å²) >= 11 is 0. The van der Waals surface area contributed by atoms with Gasteiger partial charge in [-0.2, -0.15) is 0 Å². The van der Waals surface area contributed by atoms with Gasteiger partial charge in [0.25, 0.3) is 0 Å². The molecule has 0 unspecified atom stereocenters. The van der Waals surface area contributed by atoms with Crippen LogP contribution in [-0.4, -0.2) is 49.6 Å². The molecule has 4 nitrogen and oxygen atoms in total. The summed E-state index contributed by atoms with van der Waals surface area (Å²) in [6.45, 7) is 9.94. The van der Waals surface area contributed by atoms with Crippen molar-refractivity contribution in [2.24, 2.45) is 4.99 Å². The quantitative estimate of drug-likeness (QED) is 0.367. The molecule has 0 atom stereocenters. The number of unbranched alkanes of at least 4 members (excludes halogenated alkanes) is 3. The van der Waals surface area contributed by atoms with Gasteiger partial charge in [0.1, 0.15) is 0 Å². The van der Waals surface area contributed by atoms with E-state index >= 15 is 0 Å². The Labute approximate surface area is 125 Å². The lowest BCUT2D eigenvalue weighted by molar-refractivity contribution is 0.215. The van der Waals surface area contributed by atoms with E-state index in [0.717, 1.165) is 31.6 Å². The summed E-state index contributed by atoms with van der Waals surface area (Å²) in [4.78, 5) is 6.88. The average molecular weight is 282 g/mol. The Morgan fingerprint density at radius 1 is 1.15 bits per heavy atom. The van der Waals surface area contributed by atoms with Crippen LogP contribution in [0.4, 0.5) is 0 Å². The first-order valence-electron chi connectivity index (χ1n) is 8.39. The van der Waals surface area contributed by atoms with Gasteiger partial charge in [-0.15, -0.1) is 0 Å². The van der Waals surface area contributed by atoms with Crippen LogP contribution in [0.1, 0.15) is 59.3 Å². The van der Waals surface area contributed by atoms with Crippen molar-refractivity contribution in [1.82, 2.24) is 15.5 Å². The highest BCUT2D eigenvalue weighted by Crippen LogP contribution is 2.27. The van der Waals surface area contributed by atoms with Gasteiger partial charge in [0.2, 0.25) is 0 Å². The molecule has 1 aliphatic rings. The molecule has 0 aromatic carbocycles. The van der Waals surface area contributed by atoms with Crippen LogP contribution >= 0.6 is 0 Å². The number of hydrogen-bond donors (Lipinski definition) is 2. The Morgan fingerprint density at radius 2 is 1.85 bits per heavy atom. The molecular formula is C16H34N4. The zero-order chi connectivity index (χ0) is 14.8. The molecule has 1 saturated carbocycles. The topological polar surface area (TPSA) is 39.7 Å². The first-order chi connectivity index (χ1) is 9.69. The Bertz CT molecular complexity index is 270. The van der Waals surface area contributed by atoms with E-state index in [1.165, 1.54) is 38.5 Å². The first kappa shape index (κ1) is 17.3. The van der Waals surface area contributed by atoms with Gasteiger partial charge in [-0.1, -0.05) is 26.2 Å². The smallest absolute Gasteiger partial charge is 0.191 e. The van der Waals surface area contributed by atoms with Crippen molar-refractivity contribution in [1.29, 1.82) is 0 Å². The van der Waals surface area contributed by atoms with Crippen LogP contribution in [0.25, 0.3) is 0 Å². The third kappa shape index (κ3) is 7.13. The van der Waals surface area contributed by atoms with E-state index in [-0.39, 0.29) is 0 Å². The van der Waals surface area contributed by atoms with E-state index < -0.39 is 0 Å². The summed E-state index contributed by atoms with van der Waals surface area (Å²) < 4.78 is 0. The maximum atomic E-state index is 4.28. The molecule has 0 saturated heterocycles. The number of aliphatic imine (C=N–C) groups is 1. The van der Waals surface area contributed by atoms with Gasteiger partial charge < -0.3 is 10.6 Å². The van der Waals surface area contributed by atoms with E-state index in [2.05, 4.69) is 41.3 Å². The Morgan fingerprint density at radius 3 is 2.40 bits per heavy atom. The third-order valence-corrected chi connectivity index (χ3v) is 3.89. The average Bonchev–Trinajstić information content (AvgIpc) is 3.25. The van der Waals surface area contributed by atoms with Crippen LogP contribution in [0, 0.1) is 0 Å². The molecule has 0 aromatic heterocycles. The third-order valence-electron chi connectivity index (χ3n) is 3.89. The summed E-state index contributed by atoms with van der Waals surface area (Å²) in [6, 6.07) is 1.48. The molecule has 118 valence electrons. The predicted octanol–water partition coefficient (Wildman–Crippen LogP) is 2.60. The van der Waals surface area contributed by atoms with Gasteiger partial charge in [0, 0.05) is 38.8 Å². The second-order valence-corrected chi connectivity index (χ2v) is 6.05. The van der Waals surface area contributed by atoms with E-state index in [0.29, 0.717) is 6.04 Å². The summed E-state index contributed by atoms with van der Waals surface area (Å²) in [7, 11) is 1.85. The first-order valence-corrected chi connectivity index (χ1v) is 8.39. The summed E-state index contributed by atoms with van der Waals surface area (Å²) in [5.74, 6) is 0.945. The van der Waals surface area contributed by atoms with E-state index in [1.54, 1.807) is 0 Å². The molecule has 0 amide bonds. The molecule has 0 spiro atoms. The van der Waals surface area contributed by atoms with Crippen molar-refractivity contribution in [3.63, 3.8) is 0 Å². The maximum absolute atomic E-state index is 4.28. The number of nitrogens with one attached hydrogen (secondary N) is 2. The standard InChI is InChI=1S/C16H34N4/c1-5-6-7-8-11-18-16(17-4)19-12-13-20(14(2)3)15-9-10-15/h14-15H,5-13H2,1-4H3,(H2,17,18,19). The minimum absolute atomic E-state index is 0.647. The fraction of sp³-hybridized carbons (Fsp3) is 0.938. The van der Waals surface area contributed by atoms with Crippen LogP contribution in [0.15, 0.2) is 4.99 Å². The van der Waals surface area contributed by atoms with Crippen molar-refractivity contribution in [2.75, 3.05) is 26.7 Å². The zero-order valence-electron chi connectivity index (χ0n) is 13.9. The summed E-state index contributed by atoms with van der Waals surface area (Å²) in [5.41, 5.74) is 0. The van der Waals surface area contributed by atoms with Gasteiger partial charge in [-0.3, -0.25) is 9.89 Å². The van der Waals surface area contributed by atoms with Crippen LogP contribution < -0.4 is 10.6 Å². The van der Waals surface area contributed by atoms with E-state index in [1.807, 2.05) is 7.05 Å². The SMILES string of the molecule is CCCCCCNC(=NC)NCCN(C(C)C)C1CC1. The van der Waals surface area contributed by atoms with Crippen molar-refractivity contribution >= 4 is 5.96 Å². The normalized spacial score (nSPS) is 16.0. The van der Waals surface area contributed by atoms with Crippen LogP contribution in [0.2, 0.25) is 0 Å². The van der Waals surface area contributed by atoms with Gasteiger partial charge in [0.05, 0.1) is 0 Å². The summed E-state index contributed by atoms with van der Waals surface area (Å²) in [5, 5.41) is 6.82. The minimum atomic E-state index is 0.647. The molecule has 1 rings (SSSR count). The van der Waals surface area contributed by atoms with Crippen LogP contribution in [-0.2, 0) is 0 Å². The molecule has 0 bridgehead atoms. The second kappa shape index (κ2) is 10.0. The molecule has 2 N–H and O–H groups in total. The Kier molecular flexibility index (Phi) is 8.67. The van der Waals surface area contributed by atoms with Crippen LogP contribution in [0.3, 0.4) is 0 Å². The maximum Gasteiger partial charge on any atom is 0.191 e. The highest BCUT2D eigenvalue weighted by atomic mass is 15.2. The van der Waals surface area contributed by atoms with E-state index in [9.17, 15) is 0 Å². The molecule has 0 radical (unpaired) electrons. The lowest BCUT2D eigenvalue weighted by Crippen LogP contribution is -2.44. The Hall–Kier alpha value is -0.770. The monoisotopic (exact) mass is 282 g/mol. The fourth-order valence-electron chi connectivity index (χ4n) is 2.55. The van der Waals surface area contributed by atoms with E-state index in [4.69, 9.17) is 0 Å². The lowest BCUT2D eigenvalue weighted by Gasteiger charge is -2.26. The molecule has 4 heteroatoms. The van der Waals surface area contributed by atoms with Crippen molar-refractivity contribution in [3.05, 3.63) is 0 Å². The van der Waals surface area contributed by atoms with Crippen molar-refractivity contribution < 1.29 is 0 Å². The zero-order valence-corrected chi connectivity index (χ0v) is 13.9. The van der Waals surface area contributed by atoms with Gasteiger partial charge in [-0.25, -0.2) is 0 Å². The molecular weight excluding hydrogens is 248 g/mol. The number of nitrogens with zero attached hydrogens (tertiary/aromatic N) is 2. The highest BCUT2D eigenvalue weighted by molar-refractivity contribution is 5.79.